The number of carbonyl (C=O) groups excluding carboxylic acids is 1. The number of carbonyl (C=O) groups is 1. The number of hydrogen-bond acceptors (Lipinski definition) is 6. The smallest absolute Gasteiger partial charge is 0.267 e. The van der Waals surface area contributed by atoms with Gasteiger partial charge in [0.25, 0.3) is 11.5 Å². The molecule has 1 amide bonds. The predicted molar refractivity (Wildman–Crippen MR) is 129 cm³/mol. The van der Waals surface area contributed by atoms with Crippen LogP contribution in [-0.2, 0) is 4.79 Å². The fourth-order valence-corrected chi connectivity index (χ4v) is 4.60. The summed E-state index contributed by atoms with van der Waals surface area (Å²) in [5.41, 5.74) is 0.748. The van der Waals surface area contributed by atoms with Crippen molar-refractivity contribution in [3.8, 4) is 0 Å². The lowest BCUT2D eigenvalue weighted by molar-refractivity contribution is -0.122. The Morgan fingerprint density at radius 1 is 1.13 bits per heavy atom. The molecule has 30 heavy (non-hydrogen) atoms. The lowest BCUT2D eigenvalue weighted by Crippen LogP contribution is -2.29. The number of hydrogen-bond donors (Lipinski definition) is 1. The first-order valence-electron chi connectivity index (χ1n) is 10.6. The Hall–Kier alpha value is -2.19. The van der Waals surface area contributed by atoms with E-state index in [1.807, 2.05) is 13.0 Å². The fraction of sp³-hybridized carbons (Fsp3) is 0.455. The molecule has 1 fully saturated rings. The van der Waals surface area contributed by atoms with E-state index in [9.17, 15) is 9.59 Å². The number of aromatic nitrogens is 2. The molecule has 1 saturated heterocycles. The van der Waals surface area contributed by atoms with Gasteiger partial charge >= 0.3 is 0 Å². The number of amides is 1. The Bertz CT molecular complexity index is 1020. The molecule has 3 heterocycles. The summed E-state index contributed by atoms with van der Waals surface area (Å²) in [5, 5.41) is 3.22. The number of thiocarbonyl (C=S) groups is 1. The van der Waals surface area contributed by atoms with Gasteiger partial charge in [0.2, 0.25) is 0 Å². The molecule has 0 aromatic carbocycles. The summed E-state index contributed by atoms with van der Waals surface area (Å²) >= 11 is 6.69. The summed E-state index contributed by atoms with van der Waals surface area (Å²) in [7, 11) is 0. The molecular formula is C22H28N4O2S2. The maximum Gasteiger partial charge on any atom is 0.267 e. The van der Waals surface area contributed by atoms with Gasteiger partial charge in [0, 0.05) is 19.3 Å². The van der Waals surface area contributed by atoms with E-state index in [1.54, 1.807) is 29.3 Å². The molecule has 0 atom stereocenters. The van der Waals surface area contributed by atoms with Gasteiger partial charge in [-0.3, -0.25) is 18.9 Å². The zero-order valence-electron chi connectivity index (χ0n) is 17.5. The maximum absolute atomic E-state index is 13.1. The van der Waals surface area contributed by atoms with Gasteiger partial charge < -0.3 is 5.32 Å². The Balaban J connectivity index is 1.88. The lowest BCUT2D eigenvalue weighted by atomic mass is 10.1. The monoisotopic (exact) mass is 444 g/mol. The highest BCUT2D eigenvalue weighted by Gasteiger charge is 2.32. The largest absolute Gasteiger partial charge is 0.369 e. The number of thioether (sulfide) groups is 1. The normalized spacial score (nSPS) is 15.5. The Kier molecular flexibility index (Phi) is 8.04. The summed E-state index contributed by atoms with van der Waals surface area (Å²) in [6.45, 7) is 5.55. The lowest BCUT2D eigenvalue weighted by Gasteiger charge is -2.14. The van der Waals surface area contributed by atoms with Gasteiger partial charge in [-0.2, -0.15) is 0 Å². The third-order valence-electron chi connectivity index (χ3n) is 4.95. The number of fused-ring (bicyclic) bond motifs is 1. The van der Waals surface area contributed by atoms with E-state index in [4.69, 9.17) is 12.2 Å². The molecule has 0 radical (unpaired) electrons. The molecule has 2 aromatic heterocycles. The highest BCUT2D eigenvalue weighted by Crippen LogP contribution is 2.33. The van der Waals surface area contributed by atoms with E-state index in [2.05, 4.69) is 17.2 Å². The highest BCUT2D eigenvalue weighted by atomic mass is 32.2. The predicted octanol–water partition coefficient (Wildman–Crippen LogP) is 4.69. The maximum atomic E-state index is 13.1. The number of rotatable bonds is 10. The van der Waals surface area contributed by atoms with Crippen LogP contribution in [0.1, 0.15) is 57.9 Å². The topological polar surface area (TPSA) is 66.7 Å². The minimum Gasteiger partial charge on any atom is -0.369 e. The van der Waals surface area contributed by atoms with Crippen molar-refractivity contribution in [2.75, 3.05) is 18.4 Å². The van der Waals surface area contributed by atoms with Crippen LogP contribution in [0.3, 0.4) is 0 Å². The first-order chi connectivity index (χ1) is 14.6. The second-order valence-electron chi connectivity index (χ2n) is 7.28. The Morgan fingerprint density at radius 2 is 1.93 bits per heavy atom. The summed E-state index contributed by atoms with van der Waals surface area (Å²) in [6.07, 6.45) is 9.82. The van der Waals surface area contributed by atoms with Gasteiger partial charge in [0.15, 0.2) is 0 Å². The van der Waals surface area contributed by atoms with Gasteiger partial charge in [-0.15, -0.1) is 0 Å². The molecule has 8 heteroatoms. The van der Waals surface area contributed by atoms with Gasteiger partial charge in [0.05, 0.1) is 10.5 Å². The molecule has 0 bridgehead atoms. The summed E-state index contributed by atoms with van der Waals surface area (Å²) in [6, 6.07) is 5.42. The molecule has 3 rings (SSSR count). The molecule has 6 nitrogen and oxygen atoms in total. The molecular weight excluding hydrogens is 416 g/mol. The summed E-state index contributed by atoms with van der Waals surface area (Å²) < 4.78 is 2.05. The molecule has 160 valence electrons. The summed E-state index contributed by atoms with van der Waals surface area (Å²) in [5.74, 6) is 0.373. The molecule has 1 aliphatic heterocycles. The quantitative estimate of drug-likeness (QED) is 0.326. The number of nitrogens with one attached hydrogen (secondary N) is 1. The van der Waals surface area contributed by atoms with Crippen molar-refractivity contribution >= 4 is 51.7 Å². The average molecular weight is 445 g/mol. The minimum atomic E-state index is -0.205. The van der Waals surface area contributed by atoms with Crippen molar-refractivity contribution in [1.29, 1.82) is 0 Å². The van der Waals surface area contributed by atoms with Crippen LogP contribution in [0.2, 0.25) is 0 Å². The zero-order chi connectivity index (χ0) is 21.5. The van der Waals surface area contributed by atoms with Crippen LogP contribution in [0.15, 0.2) is 34.1 Å². The van der Waals surface area contributed by atoms with E-state index >= 15 is 0 Å². The van der Waals surface area contributed by atoms with Crippen LogP contribution in [0.5, 0.6) is 0 Å². The van der Waals surface area contributed by atoms with E-state index in [0.29, 0.717) is 39.3 Å². The highest BCUT2D eigenvalue weighted by molar-refractivity contribution is 8.26. The van der Waals surface area contributed by atoms with Crippen molar-refractivity contribution in [2.45, 2.75) is 52.4 Å². The van der Waals surface area contributed by atoms with E-state index in [-0.39, 0.29) is 11.5 Å². The van der Waals surface area contributed by atoms with Crippen LogP contribution in [0.4, 0.5) is 5.82 Å². The van der Waals surface area contributed by atoms with Gasteiger partial charge in [-0.05, 0) is 31.1 Å². The van der Waals surface area contributed by atoms with Crippen molar-refractivity contribution in [3.63, 3.8) is 0 Å². The van der Waals surface area contributed by atoms with Crippen LogP contribution in [0, 0.1) is 0 Å². The van der Waals surface area contributed by atoms with Crippen LogP contribution in [0.25, 0.3) is 11.7 Å². The molecule has 0 spiro atoms. The SMILES string of the molecule is CCCCCCCN1C(=O)/C(=C/c2c(NCCC)nc3ccccn3c2=O)SC1=S. The number of anilines is 1. The minimum absolute atomic E-state index is 0.125. The fourth-order valence-electron chi connectivity index (χ4n) is 3.31. The molecule has 2 aromatic rings. The number of pyridine rings is 1. The van der Waals surface area contributed by atoms with E-state index in [0.717, 1.165) is 19.3 Å². The van der Waals surface area contributed by atoms with Gasteiger partial charge in [0.1, 0.15) is 15.8 Å². The molecule has 1 N–H and O–H groups in total. The van der Waals surface area contributed by atoms with E-state index in [1.165, 1.54) is 35.4 Å². The second-order valence-corrected chi connectivity index (χ2v) is 8.96. The first-order valence-corrected chi connectivity index (χ1v) is 11.8. The standard InChI is InChI=1S/C22H28N4O2S2/c1-3-5-6-7-9-14-26-21(28)17(30-22(26)29)15-16-19(23-12-4-2)24-18-11-8-10-13-25(18)20(16)27/h8,10-11,13,15,23H,3-7,9,12,14H2,1-2H3/b17-15-. The Morgan fingerprint density at radius 3 is 2.70 bits per heavy atom. The molecule has 0 saturated carbocycles. The van der Waals surface area contributed by atoms with Gasteiger partial charge in [-0.1, -0.05) is 69.6 Å². The molecule has 0 unspecified atom stereocenters. The number of unbranched alkanes of at least 4 members (excludes halogenated alkanes) is 4. The van der Waals surface area contributed by atoms with Crippen molar-refractivity contribution in [2.24, 2.45) is 0 Å². The van der Waals surface area contributed by atoms with Crippen molar-refractivity contribution in [3.05, 3.63) is 45.2 Å². The molecule has 1 aliphatic rings. The number of nitrogens with zero attached hydrogens (tertiary/aromatic N) is 3. The average Bonchev–Trinajstić information content (AvgIpc) is 3.01. The third-order valence-corrected chi connectivity index (χ3v) is 6.32. The van der Waals surface area contributed by atoms with Crippen LogP contribution in [-0.4, -0.2) is 37.6 Å². The van der Waals surface area contributed by atoms with E-state index < -0.39 is 0 Å². The van der Waals surface area contributed by atoms with Gasteiger partial charge in [-0.25, -0.2) is 4.98 Å². The molecule has 0 aliphatic carbocycles. The second kappa shape index (κ2) is 10.7. The van der Waals surface area contributed by atoms with Crippen LogP contribution >= 0.6 is 24.0 Å². The third kappa shape index (κ3) is 5.10. The first kappa shape index (κ1) is 22.5. The van der Waals surface area contributed by atoms with Crippen LogP contribution < -0.4 is 10.9 Å². The van der Waals surface area contributed by atoms with Crippen molar-refractivity contribution < 1.29 is 4.79 Å². The Labute approximate surface area is 186 Å². The zero-order valence-corrected chi connectivity index (χ0v) is 19.2. The van der Waals surface area contributed by atoms with Crippen molar-refractivity contribution in [1.82, 2.24) is 14.3 Å². The summed E-state index contributed by atoms with van der Waals surface area (Å²) in [4.78, 5) is 32.8.